The summed E-state index contributed by atoms with van der Waals surface area (Å²) in [6.45, 7) is 15.5. The zero-order valence-electron chi connectivity index (χ0n) is 13.9. The largest absolute Gasteiger partial charge is 0.277 e. The van der Waals surface area contributed by atoms with E-state index >= 15 is 0 Å². The third-order valence-electron chi connectivity index (χ3n) is 5.27. The van der Waals surface area contributed by atoms with Crippen molar-refractivity contribution in [3.05, 3.63) is 58.7 Å². The van der Waals surface area contributed by atoms with Crippen molar-refractivity contribution in [2.45, 2.75) is 58.4 Å². The number of nitrogens with zero attached hydrogens (tertiary/aromatic N) is 1. The van der Waals surface area contributed by atoms with Crippen LogP contribution in [0.3, 0.4) is 0 Å². The molecule has 0 spiro atoms. The van der Waals surface area contributed by atoms with Crippen LogP contribution in [0.25, 0.3) is 0 Å². The summed E-state index contributed by atoms with van der Waals surface area (Å²) in [5.41, 5.74) is 7.89. The summed E-state index contributed by atoms with van der Waals surface area (Å²) in [6, 6.07) is 4.59. The first-order valence-corrected chi connectivity index (χ1v) is 7.90. The highest BCUT2D eigenvalue weighted by molar-refractivity contribution is 6.16. The first-order valence-electron chi connectivity index (χ1n) is 7.90. The summed E-state index contributed by atoms with van der Waals surface area (Å²) in [5, 5.41) is 0. The second kappa shape index (κ2) is 4.43. The van der Waals surface area contributed by atoms with Gasteiger partial charge in [0.1, 0.15) is 0 Å². The van der Waals surface area contributed by atoms with Gasteiger partial charge in [-0.15, -0.1) is 0 Å². The van der Waals surface area contributed by atoms with Crippen LogP contribution in [0.5, 0.6) is 0 Å². The van der Waals surface area contributed by atoms with Gasteiger partial charge in [0.15, 0.2) is 0 Å². The Bertz CT molecular complexity index is 692. The van der Waals surface area contributed by atoms with Gasteiger partial charge >= 0.3 is 0 Å². The van der Waals surface area contributed by atoms with Crippen LogP contribution in [0.4, 0.5) is 0 Å². The Labute approximate surface area is 128 Å². The Balaban J connectivity index is 2.20. The number of fused-ring (bicyclic) bond motifs is 3. The molecule has 3 rings (SSSR count). The molecule has 1 aliphatic carbocycles. The summed E-state index contributed by atoms with van der Waals surface area (Å²) in [4.78, 5) is 5.10. The molecule has 2 aliphatic rings. The van der Waals surface area contributed by atoms with E-state index in [4.69, 9.17) is 4.99 Å². The van der Waals surface area contributed by atoms with Crippen LogP contribution in [0.15, 0.2) is 41.4 Å². The van der Waals surface area contributed by atoms with Gasteiger partial charge in [-0.2, -0.15) is 0 Å². The Morgan fingerprint density at radius 1 is 1.33 bits per heavy atom. The fourth-order valence-corrected chi connectivity index (χ4v) is 3.94. The maximum Gasteiger partial charge on any atom is 0.0723 e. The zero-order valence-corrected chi connectivity index (χ0v) is 13.9. The molecule has 1 nitrogen and oxygen atoms in total. The molecule has 2 atom stereocenters. The number of benzene rings is 1. The number of aliphatic imine (C=N–C) groups is 1. The van der Waals surface area contributed by atoms with E-state index in [9.17, 15) is 0 Å². The molecule has 1 heterocycles. The van der Waals surface area contributed by atoms with Gasteiger partial charge in [0.2, 0.25) is 0 Å². The first-order chi connectivity index (χ1) is 9.82. The molecule has 1 fully saturated rings. The van der Waals surface area contributed by atoms with Crippen molar-refractivity contribution in [1.82, 2.24) is 0 Å². The van der Waals surface area contributed by atoms with Crippen LogP contribution in [-0.4, -0.2) is 11.3 Å². The minimum Gasteiger partial charge on any atom is -0.277 e. The fraction of sp³-hybridized carbons (Fsp3) is 0.450. The molecule has 0 N–H and O–H groups in total. The highest BCUT2D eigenvalue weighted by Crippen LogP contribution is 2.63. The maximum atomic E-state index is 5.10. The second-order valence-electron chi connectivity index (χ2n) is 7.08. The Kier molecular flexibility index (Phi) is 3.02. The summed E-state index contributed by atoms with van der Waals surface area (Å²) in [7, 11) is 0. The molecule has 1 aliphatic heterocycles. The van der Waals surface area contributed by atoms with Gasteiger partial charge in [0.05, 0.1) is 11.3 Å². The quantitative estimate of drug-likeness (QED) is 0.687. The van der Waals surface area contributed by atoms with Crippen LogP contribution < -0.4 is 0 Å². The monoisotopic (exact) mass is 279 g/mol. The van der Waals surface area contributed by atoms with E-state index < -0.39 is 0 Å². The van der Waals surface area contributed by atoms with E-state index in [1.807, 2.05) is 0 Å². The lowest BCUT2D eigenvalue weighted by Crippen LogP contribution is -2.28. The van der Waals surface area contributed by atoms with Gasteiger partial charge in [-0.3, -0.25) is 4.99 Å². The normalized spacial score (nSPS) is 29.9. The molecular formula is C20H25N. The third kappa shape index (κ3) is 1.94. The minimum atomic E-state index is 0.0539. The molecular weight excluding hydrogens is 254 g/mol. The highest BCUT2D eigenvalue weighted by atomic mass is 15.0. The van der Waals surface area contributed by atoms with Crippen molar-refractivity contribution >= 4 is 5.71 Å². The second-order valence-corrected chi connectivity index (χ2v) is 7.08. The molecule has 0 saturated heterocycles. The molecule has 1 saturated carbocycles. The van der Waals surface area contributed by atoms with E-state index in [0.717, 1.165) is 24.1 Å². The molecule has 0 bridgehead atoms. The van der Waals surface area contributed by atoms with Crippen molar-refractivity contribution in [2.75, 3.05) is 0 Å². The van der Waals surface area contributed by atoms with Crippen molar-refractivity contribution in [3.63, 3.8) is 0 Å². The van der Waals surface area contributed by atoms with Gasteiger partial charge < -0.3 is 0 Å². The topological polar surface area (TPSA) is 12.4 Å². The van der Waals surface area contributed by atoms with Gasteiger partial charge in [-0.05, 0) is 56.4 Å². The van der Waals surface area contributed by atoms with E-state index in [0.29, 0.717) is 0 Å². The Morgan fingerprint density at radius 3 is 2.71 bits per heavy atom. The standard InChI is InChI=1S/C20H25N/c1-7-8-9-14(3)18-16-11-13(2)10-15(4)17(16)19(5)12-20(19,6)21-18/h8-11H,3,7,12H2,1-2,4-6H3/b9-8-. The van der Waals surface area contributed by atoms with Gasteiger partial charge in [0, 0.05) is 11.0 Å². The summed E-state index contributed by atoms with van der Waals surface area (Å²) in [5.74, 6) is 0. The van der Waals surface area contributed by atoms with Crippen LogP contribution >= 0.6 is 0 Å². The van der Waals surface area contributed by atoms with Crippen molar-refractivity contribution in [1.29, 1.82) is 0 Å². The van der Waals surface area contributed by atoms with Crippen molar-refractivity contribution in [2.24, 2.45) is 4.99 Å². The average Bonchev–Trinajstić information content (AvgIpc) is 2.96. The predicted molar refractivity (Wildman–Crippen MR) is 91.4 cm³/mol. The highest BCUT2D eigenvalue weighted by Gasteiger charge is 2.65. The third-order valence-corrected chi connectivity index (χ3v) is 5.27. The lowest BCUT2D eigenvalue weighted by atomic mass is 9.80. The molecule has 2 unspecified atom stereocenters. The SMILES string of the molecule is C=C(/C=C\CC)C1=NC2(C)CC2(C)c2c(C)cc(C)cc21. The number of rotatable bonds is 3. The van der Waals surface area contributed by atoms with E-state index in [2.05, 4.69) is 65.5 Å². The molecule has 0 radical (unpaired) electrons. The van der Waals surface area contributed by atoms with Crippen molar-refractivity contribution in [3.8, 4) is 0 Å². The van der Waals surface area contributed by atoms with Crippen LogP contribution in [0, 0.1) is 13.8 Å². The molecule has 110 valence electrons. The first kappa shape index (κ1) is 14.3. The van der Waals surface area contributed by atoms with Gasteiger partial charge in [-0.1, -0.05) is 44.2 Å². The zero-order chi connectivity index (χ0) is 15.4. The van der Waals surface area contributed by atoms with E-state index in [1.54, 1.807) is 0 Å². The number of aryl methyl sites for hydroxylation is 2. The Morgan fingerprint density at radius 2 is 2.05 bits per heavy atom. The number of hydrogen-bond acceptors (Lipinski definition) is 1. The van der Waals surface area contributed by atoms with Crippen molar-refractivity contribution < 1.29 is 0 Å². The predicted octanol–water partition coefficient (Wildman–Crippen LogP) is 5.05. The fourth-order valence-electron chi connectivity index (χ4n) is 3.94. The number of allylic oxidation sites excluding steroid dienone is 3. The van der Waals surface area contributed by atoms with Crippen LogP contribution in [-0.2, 0) is 5.41 Å². The summed E-state index contributed by atoms with van der Waals surface area (Å²) >= 11 is 0. The molecule has 0 aromatic heterocycles. The molecule has 1 aromatic carbocycles. The average molecular weight is 279 g/mol. The smallest absolute Gasteiger partial charge is 0.0723 e. The molecule has 1 heteroatoms. The van der Waals surface area contributed by atoms with Gasteiger partial charge in [0.25, 0.3) is 0 Å². The molecule has 21 heavy (non-hydrogen) atoms. The Hall–Kier alpha value is -1.63. The summed E-state index contributed by atoms with van der Waals surface area (Å²) in [6.07, 6.45) is 6.46. The van der Waals surface area contributed by atoms with Crippen LogP contribution in [0.1, 0.15) is 55.9 Å². The van der Waals surface area contributed by atoms with Gasteiger partial charge in [-0.25, -0.2) is 0 Å². The van der Waals surface area contributed by atoms with Crippen LogP contribution in [0.2, 0.25) is 0 Å². The summed E-state index contributed by atoms with van der Waals surface area (Å²) < 4.78 is 0. The maximum absolute atomic E-state index is 5.10. The van der Waals surface area contributed by atoms with E-state index in [-0.39, 0.29) is 11.0 Å². The van der Waals surface area contributed by atoms with E-state index in [1.165, 1.54) is 22.3 Å². The lowest BCUT2D eigenvalue weighted by molar-refractivity contribution is 0.600. The molecule has 1 aromatic rings. The number of hydrogen-bond donors (Lipinski definition) is 0. The minimum absolute atomic E-state index is 0.0539. The molecule has 0 amide bonds. The lowest BCUT2D eigenvalue weighted by Gasteiger charge is -2.29.